The van der Waals surface area contributed by atoms with E-state index in [0.29, 0.717) is 109 Å². The highest BCUT2D eigenvalue weighted by atomic mass is 16.6. The maximum Gasteiger partial charge on any atom is 0.410 e. The second-order valence-electron chi connectivity index (χ2n) is 19.5. The summed E-state index contributed by atoms with van der Waals surface area (Å²) in [5, 5.41) is 11.8. The highest BCUT2D eigenvalue weighted by Crippen LogP contribution is 2.35. The van der Waals surface area contributed by atoms with Crippen LogP contribution in [-0.2, 0) is 19.0 Å². The third-order valence-corrected chi connectivity index (χ3v) is 13.5. The van der Waals surface area contributed by atoms with Crippen LogP contribution in [0.1, 0.15) is 69.7 Å². The summed E-state index contributed by atoms with van der Waals surface area (Å²) in [6.45, 7) is 9.09. The van der Waals surface area contributed by atoms with Crippen LogP contribution in [-0.4, -0.2) is 140 Å². The maximum absolute atomic E-state index is 13.7. The average Bonchev–Trinajstić information content (AvgIpc) is 4.00. The molecule has 0 radical (unpaired) electrons. The predicted octanol–water partition coefficient (Wildman–Crippen LogP) is 6.76. The number of nitrogens with two attached hydrogens (primary N) is 1. The Balaban J connectivity index is 0.873. The monoisotopic (exact) mass is 949 g/mol. The molecule has 364 valence electrons. The molecule has 10 rings (SSSR count). The van der Waals surface area contributed by atoms with E-state index < -0.39 is 5.60 Å². The fourth-order valence-corrected chi connectivity index (χ4v) is 9.72. The van der Waals surface area contributed by atoms with Crippen LogP contribution in [0.4, 0.5) is 34.0 Å². The molecule has 1 aliphatic carbocycles. The van der Waals surface area contributed by atoms with Gasteiger partial charge in [0.25, 0.3) is 5.91 Å². The summed E-state index contributed by atoms with van der Waals surface area (Å²) in [5.41, 5.74) is 11.6. The molecule has 19 nitrogen and oxygen atoms in total. The van der Waals surface area contributed by atoms with Crippen molar-refractivity contribution in [3.8, 4) is 22.3 Å². The fourth-order valence-electron chi connectivity index (χ4n) is 9.72. The number of nitrogens with one attached hydrogen (secondary N) is 3. The summed E-state index contributed by atoms with van der Waals surface area (Å²) >= 11 is 0. The number of hydrogen-bond acceptors (Lipinski definition) is 16. The van der Waals surface area contributed by atoms with E-state index in [4.69, 9.17) is 39.9 Å². The number of aromatic nitrogens is 6. The summed E-state index contributed by atoms with van der Waals surface area (Å²) in [7, 11) is 1.77. The normalized spacial score (nSPS) is 20.8. The zero-order valence-corrected chi connectivity index (χ0v) is 40.0. The van der Waals surface area contributed by atoms with Gasteiger partial charge in [0.15, 0.2) is 0 Å². The minimum atomic E-state index is -0.596. The smallest absolute Gasteiger partial charge is 0.410 e. The number of anilines is 5. The molecule has 1 unspecified atom stereocenters. The van der Waals surface area contributed by atoms with E-state index in [1.807, 2.05) is 69.3 Å². The first kappa shape index (κ1) is 46.5. The van der Waals surface area contributed by atoms with Gasteiger partial charge in [-0.2, -0.15) is 0 Å². The SMILES string of the molecule is COC1CCC(Nc2ncc3c(N)ncc(-c4ccc(N5CC(Nc6ncc(-c7ccc(C(=O)N8CCOCC8)cc7)c7nc(N[C@H]8CCN(C(=O)OC(C)(C)C)C8)ncc67)CC5=O)cc4)c3n2)CC1. The van der Waals surface area contributed by atoms with Crippen molar-refractivity contribution >= 4 is 68.9 Å². The molecule has 0 spiro atoms. The van der Waals surface area contributed by atoms with Crippen molar-refractivity contribution in [1.29, 1.82) is 0 Å². The Morgan fingerprint density at radius 2 is 1.33 bits per heavy atom. The summed E-state index contributed by atoms with van der Waals surface area (Å²) in [6.07, 6.45) is 11.8. The first-order valence-electron chi connectivity index (χ1n) is 24.1. The topological polar surface area (TPSA) is 228 Å². The van der Waals surface area contributed by atoms with Crippen molar-refractivity contribution in [2.45, 2.75) is 89.1 Å². The van der Waals surface area contributed by atoms with Crippen molar-refractivity contribution in [2.75, 3.05) is 79.6 Å². The zero-order chi connectivity index (χ0) is 48.5. The van der Waals surface area contributed by atoms with E-state index >= 15 is 0 Å². The Kier molecular flexibility index (Phi) is 13.0. The van der Waals surface area contributed by atoms with Crippen molar-refractivity contribution in [3.05, 3.63) is 78.9 Å². The summed E-state index contributed by atoms with van der Waals surface area (Å²) < 4.78 is 16.6. The molecule has 7 heterocycles. The van der Waals surface area contributed by atoms with Crippen molar-refractivity contribution < 1.29 is 28.6 Å². The minimum absolute atomic E-state index is 0.0276. The molecule has 19 heteroatoms. The van der Waals surface area contributed by atoms with Crippen LogP contribution in [0.2, 0.25) is 0 Å². The molecule has 4 aromatic heterocycles. The molecule has 3 amide bonds. The fraction of sp³-hybridized carbons (Fsp3) is 0.431. The molecular weight excluding hydrogens is 891 g/mol. The lowest BCUT2D eigenvalue weighted by Gasteiger charge is -2.28. The third kappa shape index (κ3) is 10.1. The predicted molar refractivity (Wildman–Crippen MR) is 268 cm³/mol. The lowest BCUT2D eigenvalue weighted by Crippen LogP contribution is -2.40. The Bertz CT molecular complexity index is 2900. The van der Waals surface area contributed by atoms with Gasteiger partial charge in [0.2, 0.25) is 17.8 Å². The quantitative estimate of drug-likeness (QED) is 0.105. The van der Waals surface area contributed by atoms with E-state index in [2.05, 4.69) is 25.9 Å². The van der Waals surface area contributed by atoms with E-state index in [0.717, 1.165) is 53.6 Å². The van der Waals surface area contributed by atoms with Gasteiger partial charge in [-0.1, -0.05) is 24.3 Å². The Morgan fingerprint density at radius 3 is 2.00 bits per heavy atom. The largest absolute Gasteiger partial charge is 0.444 e. The Morgan fingerprint density at radius 1 is 0.700 bits per heavy atom. The van der Waals surface area contributed by atoms with Crippen molar-refractivity contribution in [3.63, 3.8) is 0 Å². The molecule has 70 heavy (non-hydrogen) atoms. The number of nitrogens with zero attached hydrogens (tertiary/aromatic N) is 9. The van der Waals surface area contributed by atoms with Gasteiger partial charge in [0.05, 0.1) is 47.2 Å². The van der Waals surface area contributed by atoms with Crippen LogP contribution in [0.3, 0.4) is 0 Å². The number of fused-ring (bicyclic) bond motifs is 2. The average molecular weight is 950 g/mol. The first-order valence-corrected chi connectivity index (χ1v) is 24.1. The van der Waals surface area contributed by atoms with E-state index in [1.54, 1.807) is 46.6 Å². The zero-order valence-electron chi connectivity index (χ0n) is 40.0. The second-order valence-corrected chi connectivity index (χ2v) is 19.5. The number of morpholine rings is 1. The standard InChI is InChI=1S/C51H59N13O6/c1-51(2,3)70-50(67)63-18-17-34(28-63)59-49-56-27-41-44(61-49)39(30-5-7-32(8-6-30)47(66)62-19-21-69-22-20-62)25-54-46(41)57-35-23-42(65)64(29-35)36-13-9-31(10-14-36)38-24-53-45(52)40-26-55-48(60-43(38)40)58-33-11-15-37(68-4)16-12-33/h5-10,13-14,24-27,33-35,37H,11-12,15-23,28-29H2,1-4H3,(H2,52,53)(H,54,57)(H,55,58,60)(H,56,59,61)/t33?,34-,35?,37?/m0/s1. The molecule has 1 saturated carbocycles. The minimum Gasteiger partial charge on any atom is -0.444 e. The van der Waals surface area contributed by atoms with Gasteiger partial charge in [-0.05, 0) is 88.3 Å². The number of hydrogen-bond donors (Lipinski definition) is 4. The molecule has 3 aliphatic heterocycles. The summed E-state index contributed by atoms with van der Waals surface area (Å²) in [5.74, 6) is 1.77. The Hall–Kier alpha value is -7.25. The molecule has 0 bridgehead atoms. The number of likely N-dealkylation sites (tertiary alicyclic amines) is 1. The molecule has 4 aliphatic rings. The van der Waals surface area contributed by atoms with Gasteiger partial charge in [0.1, 0.15) is 17.2 Å². The van der Waals surface area contributed by atoms with Crippen LogP contribution >= 0.6 is 0 Å². The van der Waals surface area contributed by atoms with Gasteiger partial charge >= 0.3 is 6.09 Å². The van der Waals surface area contributed by atoms with Gasteiger partial charge in [-0.25, -0.2) is 34.7 Å². The lowest BCUT2D eigenvalue weighted by molar-refractivity contribution is -0.117. The highest BCUT2D eigenvalue weighted by Gasteiger charge is 2.33. The summed E-state index contributed by atoms with van der Waals surface area (Å²) in [6, 6.07) is 15.2. The molecule has 3 saturated heterocycles. The lowest BCUT2D eigenvalue weighted by atomic mass is 9.93. The van der Waals surface area contributed by atoms with Crippen molar-refractivity contribution in [1.82, 2.24) is 39.7 Å². The second kappa shape index (κ2) is 19.6. The highest BCUT2D eigenvalue weighted by molar-refractivity contribution is 6.02. The van der Waals surface area contributed by atoms with Gasteiger partial charge in [-0.3, -0.25) is 9.59 Å². The number of amides is 3. The number of rotatable bonds is 11. The molecular formula is C51H59N13O6. The van der Waals surface area contributed by atoms with Gasteiger partial charge in [0, 0.05) is 106 Å². The van der Waals surface area contributed by atoms with Crippen LogP contribution in [0.5, 0.6) is 0 Å². The van der Waals surface area contributed by atoms with Crippen LogP contribution in [0, 0.1) is 0 Å². The third-order valence-electron chi connectivity index (χ3n) is 13.5. The first-order chi connectivity index (χ1) is 33.8. The number of carbonyl (C=O) groups excluding carboxylic acids is 3. The van der Waals surface area contributed by atoms with E-state index in [-0.39, 0.29) is 42.5 Å². The number of pyridine rings is 2. The number of benzene rings is 2. The van der Waals surface area contributed by atoms with Gasteiger partial charge in [-0.15, -0.1) is 0 Å². The van der Waals surface area contributed by atoms with Crippen LogP contribution < -0.4 is 26.6 Å². The molecule has 2 atom stereocenters. The number of ether oxygens (including phenoxy) is 3. The molecule has 4 fully saturated rings. The van der Waals surface area contributed by atoms with E-state index in [1.165, 1.54) is 0 Å². The summed E-state index contributed by atoms with van der Waals surface area (Å²) in [4.78, 5) is 73.8. The van der Waals surface area contributed by atoms with E-state index in [9.17, 15) is 14.4 Å². The van der Waals surface area contributed by atoms with Crippen LogP contribution in [0.25, 0.3) is 44.1 Å². The maximum atomic E-state index is 13.7. The molecule has 6 aromatic rings. The molecule has 2 aromatic carbocycles. The Labute approximate surface area is 405 Å². The van der Waals surface area contributed by atoms with Gasteiger partial charge < -0.3 is 50.6 Å². The van der Waals surface area contributed by atoms with Crippen LogP contribution in [0.15, 0.2) is 73.3 Å². The number of nitrogen functional groups attached to an aromatic ring is 1. The molecule has 5 N–H and O–H groups in total. The number of methoxy groups -OCH3 is 1. The number of carbonyl (C=O) groups is 3. The van der Waals surface area contributed by atoms with Crippen molar-refractivity contribution in [2.24, 2.45) is 0 Å².